The number of carbonyl (C=O) groups is 4. The zero-order chi connectivity index (χ0) is 29.8. The van der Waals surface area contributed by atoms with Gasteiger partial charge in [-0.25, -0.2) is 9.59 Å². The van der Waals surface area contributed by atoms with Crippen LogP contribution >= 0.6 is 0 Å². The minimum absolute atomic E-state index is 0.00507. The van der Waals surface area contributed by atoms with Gasteiger partial charge in [0.1, 0.15) is 26.4 Å². The number of esters is 4. The van der Waals surface area contributed by atoms with Crippen LogP contribution in [0.3, 0.4) is 0 Å². The molecule has 0 N–H and O–H groups in total. The molecule has 0 heterocycles. The number of ether oxygens (including phenoxy) is 4. The normalized spacial score (nSPS) is 24.1. The lowest BCUT2D eigenvalue weighted by Gasteiger charge is -2.44. The van der Waals surface area contributed by atoms with Crippen LogP contribution < -0.4 is 0 Å². The Morgan fingerprint density at radius 2 is 1.17 bits per heavy atom. The van der Waals surface area contributed by atoms with Crippen molar-refractivity contribution in [2.24, 2.45) is 16.7 Å². The first kappa shape index (κ1) is 31.3. The zero-order valence-corrected chi connectivity index (χ0v) is 24.5. The SMILES string of the molecule is CC1(C(=O)OCCOC(=O)c2ccccc2)CCCCC2(CCCC(C(=O)OCCOC(=O)c3ccccc3)C2)CC1. The molecule has 0 bridgehead atoms. The minimum Gasteiger partial charge on any atom is -0.462 e. The molecule has 0 amide bonds. The molecular weight excluding hydrogens is 536 g/mol. The van der Waals surface area contributed by atoms with Gasteiger partial charge in [0, 0.05) is 0 Å². The van der Waals surface area contributed by atoms with Gasteiger partial charge in [0.05, 0.1) is 22.5 Å². The Bertz CT molecular complexity index is 1200. The fraction of sp³-hybridized carbons (Fsp3) is 0.529. The average molecular weight is 579 g/mol. The number of benzene rings is 2. The van der Waals surface area contributed by atoms with Gasteiger partial charge in [0.15, 0.2) is 0 Å². The van der Waals surface area contributed by atoms with Crippen LogP contribution in [0.1, 0.15) is 91.8 Å². The molecule has 1 spiro atoms. The van der Waals surface area contributed by atoms with Crippen molar-refractivity contribution >= 4 is 23.9 Å². The van der Waals surface area contributed by atoms with E-state index in [9.17, 15) is 19.2 Å². The molecule has 4 rings (SSSR count). The van der Waals surface area contributed by atoms with Crippen LogP contribution in [0, 0.1) is 16.7 Å². The fourth-order valence-electron chi connectivity index (χ4n) is 6.27. The Morgan fingerprint density at radius 1 is 0.643 bits per heavy atom. The number of hydrogen-bond donors (Lipinski definition) is 0. The summed E-state index contributed by atoms with van der Waals surface area (Å²) in [5, 5.41) is 0. The van der Waals surface area contributed by atoms with Gasteiger partial charge in [0.25, 0.3) is 0 Å². The summed E-state index contributed by atoms with van der Waals surface area (Å²) in [5.41, 5.74) is 0.300. The molecule has 2 aliphatic carbocycles. The van der Waals surface area contributed by atoms with Gasteiger partial charge in [-0.15, -0.1) is 0 Å². The first-order valence-corrected chi connectivity index (χ1v) is 15.1. The van der Waals surface area contributed by atoms with E-state index in [0.717, 1.165) is 57.8 Å². The summed E-state index contributed by atoms with van der Waals surface area (Å²) in [6.45, 7) is 2.05. The fourth-order valence-corrected chi connectivity index (χ4v) is 6.27. The Balaban J connectivity index is 1.22. The second-order valence-corrected chi connectivity index (χ2v) is 11.9. The van der Waals surface area contributed by atoms with E-state index in [4.69, 9.17) is 18.9 Å². The first-order valence-electron chi connectivity index (χ1n) is 15.1. The summed E-state index contributed by atoms with van der Waals surface area (Å²) in [4.78, 5) is 50.3. The van der Waals surface area contributed by atoms with Crippen molar-refractivity contribution in [1.82, 2.24) is 0 Å². The van der Waals surface area contributed by atoms with Crippen molar-refractivity contribution in [1.29, 1.82) is 0 Å². The predicted octanol–water partition coefficient (Wildman–Crippen LogP) is 6.32. The van der Waals surface area contributed by atoms with E-state index < -0.39 is 17.4 Å². The van der Waals surface area contributed by atoms with Crippen LogP contribution in [0.25, 0.3) is 0 Å². The molecule has 8 nitrogen and oxygen atoms in total. The molecule has 8 heteroatoms. The van der Waals surface area contributed by atoms with Crippen LogP contribution in [-0.4, -0.2) is 50.3 Å². The quantitative estimate of drug-likeness (QED) is 0.183. The van der Waals surface area contributed by atoms with Crippen molar-refractivity contribution in [3.05, 3.63) is 71.8 Å². The highest BCUT2D eigenvalue weighted by Crippen LogP contribution is 2.51. The lowest BCUT2D eigenvalue weighted by molar-refractivity contribution is -0.159. The van der Waals surface area contributed by atoms with E-state index in [1.54, 1.807) is 48.5 Å². The molecule has 3 unspecified atom stereocenters. The summed E-state index contributed by atoms with van der Waals surface area (Å²) in [5.74, 6) is -1.57. The van der Waals surface area contributed by atoms with Gasteiger partial charge >= 0.3 is 23.9 Å². The summed E-state index contributed by atoms with van der Waals surface area (Å²) < 4.78 is 21.6. The molecule has 2 saturated carbocycles. The van der Waals surface area contributed by atoms with Crippen molar-refractivity contribution < 1.29 is 38.1 Å². The molecule has 2 aromatic carbocycles. The van der Waals surface area contributed by atoms with E-state index in [1.807, 2.05) is 19.1 Å². The lowest BCUT2D eigenvalue weighted by atomic mass is 9.61. The number of rotatable bonds is 10. The molecule has 2 aromatic rings. The standard InChI is InChI=1S/C34H42O8/c1-33(32(38)42-24-23-40-30(36)27-13-6-3-7-14-27)16-8-9-17-34(20-19-33)18-10-15-28(25-34)31(37)41-22-21-39-29(35)26-11-4-2-5-12-26/h2-7,11-14,28H,8-10,15-25H2,1H3. The molecule has 3 atom stereocenters. The molecule has 226 valence electrons. The van der Waals surface area contributed by atoms with Crippen LogP contribution in [-0.2, 0) is 28.5 Å². The smallest absolute Gasteiger partial charge is 0.338 e. The Labute approximate surface area is 248 Å². The molecule has 42 heavy (non-hydrogen) atoms. The molecule has 0 aromatic heterocycles. The summed E-state index contributed by atoms with van der Waals surface area (Å²) in [6.07, 6.45) is 8.73. The van der Waals surface area contributed by atoms with Crippen LogP contribution in [0.2, 0.25) is 0 Å². The minimum atomic E-state index is -0.618. The van der Waals surface area contributed by atoms with E-state index >= 15 is 0 Å². The van der Waals surface area contributed by atoms with Gasteiger partial charge < -0.3 is 18.9 Å². The summed E-state index contributed by atoms with van der Waals surface area (Å²) in [6, 6.07) is 17.4. The topological polar surface area (TPSA) is 105 Å². The number of carbonyl (C=O) groups excluding carboxylic acids is 4. The van der Waals surface area contributed by atoms with Crippen molar-refractivity contribution in [2.75, 3.05) is 26.4 Å². The van der Waals surface area contributed by atoms with Crippen LogP contribution in [0.4, 0.5) is 0 Å². The van der Waals surface area contributed by atoms with Crippen molar-refractivity contribution in [2.45, 2.75) is 71.1 Å². The first-order chi connectivity index (χ1) is 20.3. The van der Waals surface area contributed by atoms with Gasteiger partial charge in [-0.2, -0.15) is 0 Å². The lowest BCUT2D eigenvalue weighted by Crippen LogP contribution is -2.38. The van der Waals surface area contributed by atoms with E-state index in [-0.39, 0.29) is 49.7 Å². The molecule has 0 radical (unpaired) electrons. The van der Waals surface area contributed by atoms with Gasteiger partial charge in [0.2, 0.25) is 0 Å². The molecule has 0 saturated heterocycles. The highest BCUT2D eigenvalue weighted by Gasteiger charge is 2.44. The molecular formula is C34H42O8. The third-order valence-electron chi connectivity index (χ3n) is 8.79. The predicted molar refractivity (Wildman–Crippen MR) is 156 cm³/mol. The van der Waals surface area contributed by atoms with Gasteiger partial charge in [-0.05, 0) is 81.5 Å². The van der Waals surface area contributed by atoms with Crippen molar-refractivity contribution in [3.8, 4) is 0 Å². The van der Waals surface area contributed by atoms with Gasteiger partial charge in [-0.3, -0.25) is 9.59 Å². The monoisotopic (exact) mass is 578 g/mol. The Kier molecular flexibility index (Phi) is 11.2. The third kappa shape index (κ3) is 8.66. The van der Waals surface area contributed by atoms with E-state index in [1.165, 1.54) is 0 Å². The van der Waals surface area contributed by atoms with Gasteiger partial charge in [-0.1, -0.05) is 55.7 Å². The highest BCUT2D eigenvalue weighted by atomic mass is 16.6. The van der Waals surface area contributed by atoms with Crippen LogP contribution in [0.15, 0.2) is 60.7 Å². The number of hydrogen-bond acceptors (Lipinski definition) is 8. The van der Waals surface area contributed by atoms with Crippen LogP contribution in [0.5, 0.6) is 0 Å². The highest BCUT2D eigenvalue weighted by molar-refractivity contribution is 5.89. The molecule has 0 aliphatic heterocycles. The second-order valence-electron chi connectivity index (χ2n) is 11.9. The maximum absolute atomic E-state index is 13.2. The maximum atomic E-state index is 13.2. The largest absolute Gasteiger partial charge is 0.462 e. The average Bonchev–Trinajstić information content (AvgIpc) is 3.02. The zero-order valence-electron chi connectivity index (χ0n) is 24.5. The van der Waals surface area contributed by atoms with Crippen molar-refractivity contribution in [3.63, 3.8) is 0 Å². The Morgan fingerprint density at radius 3 is 1.79 bits per heavy atom. The Hall–Kier alpha value is -3.68. The molecule has 2 aliphatic rings. The second kappa shape index (κ2) is 15.0. The summed E-state index contributed by atoms with van der Waals surface area (Å²) in [7, 11) is 0. The summed E-state index contributed by atoms with van der Waals surface area (Å²) >= 11 is 0. The van der Waals surface area contributed by atoms with E-state index in [2.05, 4.69) is 0 Å². The van der Waals surface area contributed by atoms with E-state index in [0.29, 0.717) is 17.5 Å². The maximum Gasteiger partial charge on any atom is 0.338 e. The molecule has 2 fully saturated rings. The third-order valence-corrected chi connectivity index (χ3v) is 8.79.